The van der Waals surface area contributed by atoms with Gasteiger partial charge < -0.3 is 14.2 Å². The van der Waals surface area contributed by atoms with E-state index in [1.54, 1.807) is 33.2 Å². The van der Waals surface area contributed by atoms with E-state index in [1.807, 2.05) is 12.1 Å². The summed E-state index contributed by atoms with van der Waals surface area (Å²) in [7, 11) is -0.0375. The van der Waals surface area contributed by atoms with Gasteiger partial charge in [-0.15, -0.1) is 0 Å². The molecule has 0 unspecified atom stereocenters. The Labute approximate surface area is 170 Å². The zero-order chi connectivity index (χ0) is 21.0. The van der Waals surface area contributed by atoms with Crippen LogP contribution in [-0.2, 0) is 21.4 Å². The summed E-state index contributed by atoms with van der Waals surface area (Å²) in [6, 6.07) is 7.26. The molecule has 0 bridgehead atoms. The van der Waals surface area contributed by atoms with Crippen LogP contribution in [-0.4, -0.2) is 66.7 Å². The predicted octanol–water partition coefficient (Wildman–Crippen LogP) is 1.77. The van der Waals surface area contributed by atoms with E-state index in [-0.39, 0.29) is 30.7 Å². The van der Waals surface area contributed by atoms with E-state index in [0.717, 1.165) is 11.3 Å². The maximum atomic E-state index is 12.8. The van der Waals surface area contributed by atoms with Gasteiger partial charge in [-0.1, -0.05) is 5.16 Å². The van der Waals surface area contributed by atoms with E-state index < -0.39 is 10.0 Å². The molecule has 1 fully saturated rings. The van der Waals surface area contributed by atoms with Crippen molar-refractivity contribution < 1.29 is 22.5 Å². The first-order chi connectivity index (χ1) is 13.8. The standard InChI is InChI=1S/C19H26N4O5S/c1-4-29(25,26)23-11-5-6-15(12-23)19(24)22(2)13-17-20-18(21-28-17)14-7-9-16(27-3)10-8-14/h7-10,15H,4-6,11-13H2,1-3H3/t15-/m1/s1. The number of rotatable bonds is 7. The molecule has 9 nitrogen and oxygen atoms in total. The molecule has 1 aromatic heterocycles. The molecule has 0 radical (unpaired) electrons. The lowest BCUT2D eigenvalue weighted by atomic mass is 9.98. The van der Waals surface area contributed by atoms with Crippen molar-refractivity contribution in [2.45, 2.75) is 26.3 Å². The maximum Gasteiger partial charge on any atom is 0.246 e. The number of piperidine rings is 1. The molecular weight excluding hydrogens is 396 g/mol. The molecule has 29 heavy (non-hydrogen) atoms. The van der Waals surface area contributed by atoms with Gasteiger partial charge >= 0.3 is 0 Å². The zero-order valence-corrected chi connectivity index (χ0v) is 17.7. The Balaban J connectivity index is 1.63. The molecule has 0 saturated carbocycles. The fraction of sp³-hybridized carbons (Fsp3) is 0.526. The minimum absolute atomic E-state index is 0.0415. The van der Waals surface area contributed by atoms with Crippen LogP contribution >= 0.6 is 0 Å². The van der Waals surface area contributed by atoms with E-state index in [4.69, 9.17) is 9.26 Å². The Morgan fingerprint density at radius 3 is 2.72 bits per heavy atom. The van der Waals surface area contributed by atoms with E-state index in [1.165, 1.54) is 9.21 Å². The molecule has 10 heteroatoms. The lowest BCUT2D eigenvalue weighted by Gasteiger charge is -2.32. The van der Waals surface area contributed by atoms with Crippen LogP contribution in [0.2, 0.25) is 0 Å². The number of nitrogens with zero attached hydrogens (tertiary/aromatic N) is 4. The van der Waals surface area contributed by atoms with Gasteiger partial charge in [0.1, 0.15) is 5.75 Å². The van der Waals surface area contributed by atoms with Crippen LogP contribution in [0.25, 0.3) is 11.4 Å². The van der Waals surface area contributed by atoms with Gasteiger partial charge in [-0.05, 0) is 44.0 Å². The molecule has 3 rings (SSSR count). The van der Waals surface area contributed by atoms with Gasteiger partial charge in [0, 0.05) is 25.7 Å². The summed E-state index contributed by atoms with van der Waals surface area (Å²) in [5.74, 6) is 1.04. The lowest BCUT2D eigenvalue weighted by molar-refractivity contribution is -0.136. The van der Waals surface area contributed by atoms with Crippen molar-refractivity contribution in [3.8, 4) is 17.1 Å². The highest BCUT2D eigenvalue weighted by Gasteiger charge is 2.33. The number of hydrogen-bond acceptors (Lipinski definition) is 7. The van der Waals surface area contributed by atoms with Gasteiger partial charge in [0.25, 0.3) is 0 Å². The van der Waals surface area contributed by atoms with Crippen molar-refractivity contribution in [3.63, 3.8) is 0 Å². The van der Waals surface area contributed by atoms with Crippen LogP contribution in [0.1, 0.15) is 25.7 Å². The summed E-state index contributed by atoms with van der Waals surface area (Å²) in [5, 5.41) is 3.97. The molecule has 1 aliphatic rings. The van der Waals surface area contributed by atoms with Crippen LogP contribution in [0.3, 0.4) is 0 Å². The van der Waals surface area contributed by atoms with Crippen LogP contribution in [0.5, 0.6) is 5.75 Å². The van der Waals surface area contributed by atoms with E-state index >= 15 is 0 Å². The molecule has 2 aromatic rings. The number of aromatic nitrogens is 2. The summed E-state index contributed by atoms with van der Waals surface area (Å²) in [6.07, 6.45) is 1.34. The van der Waals surface area contributed by atoms with Crippen molar-refractivity contribution in [2.75, 3.05) is 33.0 Å². The van der Waals surface area contributed by atoms with Gasteiger partial charge in [0.2, 0.25) is 27.6 Å². The molecule has 1 aromatic carbocycles. The topological polar surface area (TPSA) is 106 Å². The molecule has 1 saturated heterocycles. The summed E-state index contributed by atoms with van der Waals surface area (Å²) in [5.41, 5.74) is 0.780. The van der Waals surface area contributed by atoms with Gasteiger partial charge in [0.15, 0.2) is 0 Å². The highest BCUT2D eigenvalue weighted by molar-refractivity contribution is 7.89. The molecule has 158 valence electrons. The van der Waals surface area contributed by atoms with Crippen molar-refractivity contribution >= 4 is 15.9 Å². The molecule has 1 atom stereocenters. The number of amides is 1. The molecule has 1 amide bonds. The third kappa shape index (κ3) is 4.94. The number of carbonyl (C=O) groups is 1. The van der Waals surface area contributed by atoms with Gasteiger partial charge in [-0.25, -0.2) is 12.7 Å². The van der Waals surface area contributed by atoms with Crippen LogP contribution in [0.15, 0.2) is 28.8 Å². The highest BCUT2D eigenvalue weighted by Crippen LogP contribution is 2.23. The SMILES string of the molecule is CCS(=O)(=O)N1CCC[C@@H](C(=O)N(C)Cc2nc(-c3ccc(OC)cc3)no2)C1. The third-order valence-corrected chi connectivity index (χ3v) is 6.90. The van der Waals surface area contributed by atoms with E-state index in [0.29, 0.717) is 31.1 Å². The Hall–Kier alpha value is -2.46. The number of carbonyl (C=O) groups excluding carboxylic acids is 1. The Morgan fingerprint density at radius 2 is 2.07 bits per heavy atom. The van der Waals surface area contributed by atoms with E-state index in [2.05, 4.69) is 10.1 Å². The molecular formula is C19H26N4O5S. The van der Waals surface area contributed by atoms with Crippen molar-refractivity contribution in [1.29, 1.82) is 0 Å². The second kappa shape index (κ2) is 8.91. The Morgan fingerprint density at radius 1 is 1.34 bits per heavy atom. The molecule has 2 heterocycles. The fourth-order valence-electron chi connectivity index (χ4n) is 3.35. The number of benzene rings is 1. The fourth-order valence-corrected chi connectivity index (χ4v) is 4.53. The van der Waals surface area contributed by atoms with Gasteiger partial charge in [0.05, 0.1) is 25.3 Å². The van der Waals surface area contributed by atoms with Crippen LogP contribution < -0.4 is 4.74 Å². The van der Waals surface area contributed by atoms with Crippen LogP contribution in [0, 0.1) is 5.92 Å². The van der Waals surface area contributed by atoms with Gasteiger partial charge in [-0.2, -0.15) is 4.98 Å². The lowest BCUT2D eigenvalue weighted by Crippen LogP contribution is -2.46. The first-order valence-corrected chi connectivity index (χ1v) is 11.1. The Kier molecular flexibility index (Phi) is 6.53. The molecule has 0 aliphatic carbocycles. The second-order valence-corrected chi connectivity index (χ2v) is 9.29. The number of ether oxygens (including phenoxy) is 1. The first-order valence-electron chi connectivity index (χ1n) is 9.54. The minimum atomic E-state index is -3.29. The van der Waals surface area contributed by atoms with Gasteiger partial charge in [-0.3, -0.25) is 4.79 Å². The smallest absolute Gasteiger partial charge is 0.246 e. The monoisotopic (exact) mass is 422 g/mol. The van der Waals surface area contributed by atoms with Crippen molar-refractivity contribution in [3.05, 3.63) is 30.2 Å². The predicted molar refractivity (Wildman–Crippen MR) is 107 cm³/mol. The average Bonchev–Trinajstić information content (AvgIpc) is 3.21. The quantitative estimate of drug-likeness (QED) is 0.669. The Bertz CT molecular complexity index is 942. The number of sulfonamides is 1. The summed E-state index contributed by atoms with van der Waals surface area (Å²) in [6.45, 7) is 2.47. The van der Waals surface area contributed by atoms with Crippen molar-refractivity contribution in [2.24, 2.45) is 5.92 Å². The number of methoxy groups -OCH3 is 1. The highest BCUT2D eigenvalue weighted by atomic mass is 32.2. The summed E-state index contributed by atoms with van der Waals surface area (Å²) in [4.78, 5) is 18.7. The minimum Gasteiger partial charge on any atom is -0.497 e. The summed E-state index contributed by atoms with van der Waals surface area (Å²) >= 11 is 0. The maximum absolute atomic E-state index is 12.8. The van der Waals surface area contributed by atoms with Crippen LogP contribution in [0.4, 0.5) is 0 Å². The normalized spacial score (nSPS) is 17.8. The molecule has 0 spiro atoms. The van der Waals surface area contributed by atoms with E-state index in [9.17, 15) is 13.2 Å². The zero-order valence-electron chi connectivity index (χ0n) is 16.9. The molecule has 0 N–H and O–H groups in total. The second-order valence-electron chi connectivity index (χ2n) is 7.03. The largest absolute Gasteiger partial charge is 0.497 e. The number of hydrogen-bond donors (Lipinski definition) is 0. The van der Waals surface area contributed by atoms with Crippen molar-refractivity contribution in [1.82, 2.24) is 19.3 Å². The summed E-state index contributed by atoms with van der Waals surface area (Å²) < 4.78 is 36.1. The first kappa shape index (κ1) is 21.3. The average molecular weight is 423 g/mol. The molecule has 1 aliphatic heterocycles. The third-order valence-electron chi connectivity index (χ3n) is 5.06.